The maximum absolute atomic E-state index is 5.56. The van der Waals surface area contributed by atoms with E-state index < -0.39 is 0 Å². The summed E-state index contributed by atoms with van der Waals surface area (Å²) in [5.41, 5.74) is 4.74. The predicted molar refractivity (Wildman–Crippen MR) is 135 cm³/mol. The van der Waals surface area contributed by atoms with Crippen LogP contribution in [0.3, 0.4) is 0 Å². The first-order chi connectivity index (χ1) is 13.8. The maximum atomic E-state index is 5.56. The number of aryl methyl sites for hydroxylation is 2. The number of likely N-dealkylation sites (N-methyl/N-ethyl adjacent to an activating group) is 1. The largest absolute Gasteiger partial charge is 0.496 e. The Balaban J connectivity index is 0.00000450. The molecule has 0 saturated heterocycles. The number of nitrogens with zero attached hydrogens (tertiary/aromatic N) is 4. The number of hydrogen-bond acceptors (Lipinski definition) is 4. The smallest absolute Gasteiger partial charge is 0.191 e. The van der Waals surface area contributed by atoms with Crippen molar-refractivity contribution in [2.24, 2.45) is 12.0 Å². The number of rotatable bonds is 8. The third kappa shape index (κ3) is 6.60. The number of aliphatic imine (C=N–C) groups is 1. The molecule has 2 atom stereocenters. The molecule has 2 unspecified atom stereocenters. The third-order valence-electron chi connectivity index (χ3n) is 5.36. The lowest BCUT2D eigenvalue weighted by atomic mass is 10.0. The summed E-state index contributed by atoms with van der Waals surface area (Å²) >= 11 is 0. The van der Waals surface area contributed by atoms with Gasteiger partial charge in [-0.15, -0.1) is 24.0 Å². The van der Waals surface area contributed by atoms with Crippen molar-refractivity contribution in [1.82, 2.24) is 25.3 Å². The molecule has 2 N–H and O–H groups in total. The number of para-hydroxylation sites is 1. The van der Waals surface area contributed by atoms with Gasteiger partial charge in [-0.3, -0.25) is 9.67 Å². The van der Waals surface area contributed by atoms with Crippen LogP contribution in [0.5, 0.6) is 5.75 Å². The first-order valence-electron chi connectivity index (χ1n) is 10.0. The molecule has 30 heavy (non-hydrogen) atoms. The van der Waals surface area contributed by atoms with Gasteiger partial charge in [-0.05, 0) is 52.9 Å². The Kier molecular flexibility index (Phi) is 10.6. The topological polar surface area (TPSA) is 66.7 Å². The predicted octanol–water partition coefficient (Wildman–Crippen LogP) is 3.06. The summed E-state index contributed by atoms with van der Waals surface area (Å²) in [7, 11) is 9.65. The zero-order chi connectivity index (χ0) is 21.6. The maximum Gasteiger partial charge on any atom is 0.191 e. The fraction of sp³-hybridized carbons (Fsp3) is 0.545. The van der Waals surface area contributed by atoms with Crippen molar-refractivity contribution in [2.75, 3.05) is 34.8 Å². The Morgan fingerprint density at radius 1 is 1.27 bits per heavy atom. The Labute approximate surface area is 198 Å². The fourth-order valence-electron chi connectivity index (χ4n) is 3.60. The number of halogens is 1. The molecule has 1 heterocycles. The quantitative estimate of drug-likeness (QED) is 0.313. The molecule has 2 rings (SSSR count). The van der Waals surface area contributed by atoms with Crippen LogP contribution in [-0.2, 0) is 13.5 Å². The van der Waals surface area contributed by atoms with E-state index >= 15 is 0 Å². The highest BCUT2D eigenvalue weighted by atomic mass is 127. The molecule has 1 aromatic carbocycles. The van der Waals surface area contributed by atoms with Crippen molar-refractivity contribution in [1.29, 1.82) is 0 Å². The van der Waals surface area contributed by atoms with Gasteiger partial charge in [-0.1, -0.05) is 18.2 Å². The van der Waals surface area contributed by atoms with Crippen LogP contribution in [0.4, 0.5) is 0 Å². The lowest BCUT2D eigenvalue weighted by molar-refractivity contribution is 0.287. The summed E-state index contributed by atoms with van der Waals surface area (Å²) in [6.45, 7) is 7.06. The van der Waals surface area contributed by atoms with Crippen molar-refractivity contribution in [3.8, 4) is 5.75 Å². The molecule has 0 radical (unpaired) electrons. The van der Waals surface area contributed by atoms with Crippen LogP contribution in [0.2, 0.25) is 0 Å². The van der Waals surface area contributed by atoms with Crippen molar-refractivity contribution in [3.05, 3.63) is 46.8 Å². The monoisotopic (exact) mass is 528 g/mol. The summed E-state index contributed by atoms with van der Waals surface area (Å²) in [6.07, 6.45) is 0.899. The molecule has 2 aromatic rings. The Hall–Kier alpha value is -1.81. The number of nitrogens with one attached hydrogen (secondary N) is 2. The van der Waals surface area contributed by atoms with Crippen LogP contribution in [-0.4, -0.2) is 61.5 Å². The molecule has 168 valence electrons. The number of ether oxygens (including phenoxy) is 1. The van der Waals surface area contributed by atoms with Crippen LogP contribution >= 0.6 is 24.0 Å². The standard InChI is InChI=1S/C22H36N6O.HI/c1-15(13-19-16(2)26-28(7)17(19)3)25-22(23-4)24-14-20(27(5)6)18-11-9-10-12-21(18)29-8;/h9-12,15,20H,13-14H2,1-8H3,(H2,23,24,25);1H. The summed E-state index contributed by atoms with van der Waals surface area (Å²) in [4.78, 5) is 6.60. The molecule has 0 aliphatic heterocycles. The van der Waals surface area contributed by atoms with E-state index in [2.05, 4.69) is 66.6 Å². The highest BCUT2D eigenvalue weighted by Crippen LogP contribution is 2.27. The third-order valence-corrected chi connectivity index (χ3v) is 5.36. The van der Waals surface area contributed by atoms with E-state index in [0.29, 0.717) is 6.54 Å². The molecule has 0 saturated carbocycles. The molecule has 7 nitrogen and oxygen atoms in total. The van der Waals surface area contributed by atoms with Crippen LogP contribution in [0, 0.1) is 13.8 Å². The van der Waals surface area contributed by atoms with Gasteiger partial charge >= 0.3 is 0 Å². The SMILES string of the molecule is CN=C(NCC(c1ccccc1OC)N(C)C)NC(C)Cc1c(C)nn(C)c1C.I. The van der Waals surface area contributed by atoms with E-state index in [0.717, 1.165) is 29.4 Å². The fourth-order valence-corrected chi connectivity index (χ4v) is 3.60. The zero-order valence-corrected chi connectivity index (χ0v) is 21.8. The summed E-state index contributed by atoms with van der Waals surface area (Å²) < 4.78 is 7.50. The average Bonchev–Trinajstić information content (AvgIpc) is 2.93. The highest BCUT2D eigenvalue weighted by Gasteiger charge is 2.19. The summed E-state index contributed by atoms with van der Waals surface area (Å²) in [6, 6.07) is 8.53. The number of guanidine groups is 1. The lowest BCUT2D eigenvalue weighted by Crippen LogP contribution is -2.45. The molecular weight excluding hydrogens is 491 g/mol. The van der Waals surface area contributed by atoms with Gasteiger partial charge < -0.3 is 20.3 Å². The Morgan fingerprint density at radius 3 is 2.47 bits per heavy atom. The number of methoxy groups -OCH3 is 1. The zero-order valence-electron chi connectivity index (χ0n) is 19.5. The van der Waals surface area contributed by atoms with E-state index in [1.54, 1.807) is 14.2 Å². The van der Waals surface area contributed by atoms with Crippen LogP contribution in [0.1, 0.15) is 35.5 Å². The van der Waals surface area contributed by atoms with Gasteiger partial charge in [0.05, 0.1) is 18.8 Å². The van der Waals surface area contributed by atoms with Crippen LogP contribution in [0.15, 0.2) is 29.3 Å². The van der Waals surface area contributed by atoms with Crippen molar-refractivity contribution < 1.29 is 4.74 Å². The molecule has 0 bridgehead atoms. The van der Waals surface area contributed by atoms with Gasteiger partial charge in [0.15, 0.2) is 5.96 Å². The molecule has 0 amide bonds. The molecule has 0 fully saturated rings. The number of aromatic nitrogens is 2. The minimum Gasteiger partial charge on any atom is -0.496 e. The van der Waals surface area contributed by atoms with E-state index in [9.17, 15) is 0 Å². The van der Waals surface area contributed by atoms with E-state index in [4.69, 9.17) is 4.74 Å². The number of benzene rings is 1. The van der Waals surface area contributed by atoms with Crippen LogP contribution in [0.25, 0.3) is 0 Å². The molecule has 1 aromatic heterocycles. The van der Waals surface area contributed by atoms with E-state index in [1.807, 2.05) is 29.9 Å². The van der Waals surface area contributed by atoms with Crippen molar-refractivity contribution in [3.63, 3.8) is 0 Å². The average molecular weight is 528 g/mol. The van der Waals surface area contributed by atoms with Gasteiger partial charge in [-0.25, -0.2) is 0 Å². The van der Waals surface area contributed by atoms with Crippen molar-refractivity contribution in [2.45, 2.75) is 39.3 Å². The first kappa shape index (κ1) is 26.2. The lowest BCUT2D eigenvalue weighted by Gasteiger charge is -2.28. The minimum absolute atomic E-state index is 0. The summed E-state index contributed by atoms with van der Waals surface area (Å²) in [5, 5.41) is 11.5. The minimum atomic E-state index is 0. The second-order valence-corrected chi connectivity index (χ2v) is 7.70. The van der Waals surface area contributed by atoms with Gasteiger partial charge in [-0.2, -0.15) is 5.10 Å². The van der Waals surface area contributed by atoms with Crippen LogP contribution < -0.4 is 15.4 Å². The summed E-state index contributed by atoms with van der Waals surface area (Å²) in [5.74, 6) is 1.69. The highest BCUT2D eigenvalue weighted by molar-refractivity contribution is 14.0. The Bertz CT molecular complexity index is 833. The Morgan fingerprint density at radius 2 is 1.93 bits per heavy atom. The molecule has 0 spiro atoms. The van der Waals surface area contributed by atoms with E-state index in [1.165, 1.54) is 11.3 Å². The van der Waals surface area contributed by atoms with E-state index in [-0.39, 0.29) is 36.1 Å². The van der Waals surface area contributed by atoms with Gasteiger partial charge in [0.2, 0.25) is 0 Å². The van der Waals surface area contributed by atoms with Gasteiger partial charge in [0, 0.05) is 37.9 Å². The molecule has 8 heteroatoms. The molecular formula is C22H37IN6O. The molecule has 0 aliphatic rings. The second kappa shape index (κ2) is 12.1. The molecule has 0 aliphatic carbocycles. The normalized spacial score (nSPS) is 13.6. The van der Waals surface area contributed by atoms with Crippen molar-refractivity contribution >= 4 is 29.9 Å². The first-order valence-corrected chi connectivity index (χ1v) is 10.0. The van der Waals surface area contributed by atoms with Gasteiger partial charge in [0.25, 0.3) is 0 Å². The number of hydrogen-bond donors (Lipinski definition) is 2. The second-order valence-electron chi connectivity index (χ2n) is 7.70. The van der Waals surface area contributed by atoms with Gasteiger partial charge in [0.1, 0.15) is 5.75 Å².